The summed E-state index contributed by atoms with van der Waals surface area (Å²) in [6, 6.07) is 15.2. The number of nitrogens with one attached hydrogen (secondary N) is 2. The third kappa shape index (κ3) is 5.98. The van der Waals surface area contributed by atoms with Crippen molar-refractivity contribution in [2.24, 2.45) is 0 Å². The van der Waals surface area contributed by atoms with E-state index in [1.54, 1.807) is 28.8 Å². The molecule has 14 heteroatoms. The lowest BCUT2D eigenvalue weighted by molar-refractivity contribution is -0.118. The Morgan fingerprint density at radius 2 is 1.89 bits per heavy atom. The molecule has 0 saturated heterocycles. The molecule has 2 aromatic carbocycles. The van der Waals surface area contributed by atoms with Gasteiger partial charge in [-0.1, -0.05) is 17.8 Å². The van der Waals surface area contributed by atoms with Gasteiger partial charge in [-0.15, -0.1) is 10.2 Å². The average Bonchev–Trinajstić information content (AvgIpc) is 3.57. The van der Waals surface area contributed by atoms with Crippen LogP contribution in [0.2, 0.25) is 0 Å². The maximum Gasteiger partial charge on any atom is 0.240 e. The normalized spacial score (nSPS) is 12.6. The Hall–Kier alpha value is -3.88. The number of fused-ring (bicyclic) bond motifs is 2. The number of thioether (sulfide) groups is 1. The average molecular weight is 557 g/mol. The minimum atomic E-state index is -3.69. The third-order valence-corrected chi connectivity index (χ3v) is 7.99. The van der Waals surface area contributed by atoms with Crippen LogP contribution in [0.3, 0.4) is 0 Å². The fourth-order valence-corrected chi connectivity index (χ4v) is 5.34. The fourth-order valence-electron chi connectivity index (χ4n) is 3.63. The highest BCUT2D eigenvalue weighted by Gasteiger charge is 2.16. The predicted octanol–water partition coefficient (Wildman–Crippen LogP) is 1.79. The molecule has 1 aliphatic rings. The monoisotopic (exact) mass is 556 g/mol. The van der Waals surface area contributed by atoms with Gasteiger partial charge in [-0.3, -0.25) is 4.79 Å². The van der Waals surface area contributed by atoms with Gasteiger partial charge < -0.3 is 19.5 Å². The molecule has 0 bridgehead atoms. The number of nitrogens with zero attached hydrogens (tertiary/aromatic N) is 4. The summed E-state index contributed by atoms with van der Waals surface area (Å²) in [5, 5.41) is 16.2. The Morgan fingerprint density at radius 1 is 1.08 bits per heavy atom. The molecular weight excluding hydrogens is 532 g/mol. The number of aromatic nitrogens is 4. The zero-order valence-electron chi connectivity index (χ0n) is 20.3. The van der Waals surface area contributed by atoms with Crippen molar-refractivity contribution in [2.45, 2.75) is 22.9 Å². The van der Waals surface area contributed by atoms with Crippen molar-refractivity contribution >= 4 is 33.3 Å². The van der Waals surface area contributed by atoms with E-state index in [4.69, 9.17) is 14.2 Å². The van der Waals surface area contributed by atoms with Gasteiger partial charge in [-0.25, -0.2) is 13.1 Å². The SMILES string of the molecule is COc1ccc(S(=O)(=O)NCCc2nnc3ccc(SCC(=O)NCc4ccc5c(c4)OCO5)nn23)cc1. The summed E-state index contributed by atoms with van der Waals surface area (Å²) >= 11 is 1.27. The Kier molecular flexibility index (Phi) is 7.62. The number of amides is 1. The predicted molar refractivity (Wildman–Crippen MR) is 138 cm³/mol. The maximum absolute atomic E-state index is 12.6. The molecule has 0 atom stereocenters. The largest absolute Gasteiger partial charge is 0.497 e. The first-order chi connectivity index (χ1) is 18.4. The smallest absolute Gasteiger partial charge is 0.240 e. The third-order valence-electron chi connectivity index (χ3n) is 5.59. The zero-order valence-corrected chi connectivity index (χ0v) is 21.9. The van der Waals surface area contributed by atoms with Crippen molar-refractivity contribution in [3.05, 3.63) is 66.0 Å². The maximum atomic E-state index is 12.6. The molecule has 4 aromatic rings. The van der Waals surface area contributed by atoms with Gasteiger partial charge in [-0.05, 0) is 54.1 Å². The molecule has 0 unspecified atom stereocenters. The first kappa shape index (κ1) is 25.8. The summed E-state index contributed by atoms with van der Waals surface area (Å²) in [5.74, 6) is 2.45. The summed E-state index contributed by atoms with van der Waals surface area (Å²) in [4.78, 5) is 12.5. The van der Waals surface area contributed by atoms with Crippen LogP contribution in [0.1, 0.15) is 11.4 Å². The number of benzene rings is 2. The molecule has 5 rings (SSSR count). The number of hydrogen-bond acceptors (Lipinski definition) is 10. The second-order valence-corrected chi connectivity index (χ2v) is 10.9. The molecule has 2 aromatic heterocycles. The minimum Gasteiger partial charge on any atom is -0.497 e. The van der Waals surface area contributed by atoms with Gasteiger partial charge in [0.1, 0.15) is 10.8 Å². The van der Waals surface area contributed by atoms with E-state index in [-0.39, 0.29) is 36.3 Å². The Bertz CT molecular complexity index is 1560. The van der Waals surface area contributed by atoms with Crippen LogP contribution >= 0.6 is 11.8 Å². The highest BCUT2D eigenvalue weighted by molar-refractivity contribution is 7.99. The number of sulfonamides is 1. The van der Waals surface area contributed by atoms with Gasteiger partial charge >= 0.3 is 0 Å². The molecule has 1 amide bonds. The first-order valence-corrected chi connectivity index (χ1v) is 14.0. The van der Waals surface area contributed by atoms with Crippen molar-refractivity contribution in [3.63, 3.8) is 0 Å². The number of methoxy groups -OCH3 is 1. The van der Waals surface area contributed by atoms with E-state index in [9.17, 15) is 13.2 Å². The van der Waals surface area contributed by atoms with E-state index < -0.39 is 10.0 Å². The van der Waals surface area contributed by atoms with Gasteiger partial charge in [0.05, 0.1) is 17.8 Å². The van der Waals surface area contributed by atoms with Crippen molar-refractivity contribution in [1.82, 2.24) is 29.9 Å². The van der Waals surface area contributed by atoms with Crippen LogP contribution in [0.4, 0.5) is 0 Å². The van der Waals surface area contributed by atoms with E-state index >= 15 is 0 Å². The summed E-state index contributed by atoms with van der Waals surface area (Å²) in [6.45, 7) is 0.674. The molecule has 0 spiro atoms. The molecule has 12 nitrogen and oxygen atoms in total. The van der Waals surface area contributed by atoms with Gasteiger partial charge in [0.2, 0.25) is 22.7 Å². The van der Waals surface area contributed by atoms with Crippen LogP contribution < -0.4 is 24.2 Å². The number of carbonyl (C=O) groups excluding carboxylic acids is 1. The van der Waals surface area contributed by atoms with E-state index in [0.29, 0.717) is 40.3 Å². The summed E-state index contributed by atoms with van der Waals surface area (Å²) in [7, 11) is -2.18. The molecule has 1 aliphatic heterocycles. The molecule has 0 saturated carbocycles. The van der Waals surface area contributed by atoms with Crippen LogP contribution in [-0.4, -0.2) is 60.3 Å². The van der Waals surface area contributed by atoms with Gasteiger partial charge in [-0.2, -0.15) is 9.61 Å². The van der Waals surface area contributed by atoms with Crippen molar-refractivity contribution < 1.29 is 27.4 Å². The number of ether oxygens (including phenoxy) is 3. The molecule has 0 fully saturated rings. The lowest BCUT2D eigenvalue weighted by Gasteiger charge is -2.08. The van der Waals surface area contributed by atoms with Crippen molar-refractivity contribution in [2.75, 3.05) is 26.2 Å². The molecule has 38 heavy (non-hydrogen) atoms. The van der Waals surface area contributed by atoms with Gasteiger partial charge in [0, 0.05) is 19.5 Å². The van der Waals surface area contributed by atoms with Crippen LogP contribution in [-0.2, 0) is 27.8 Å². The van der Waals surface area contributed by atoms with Gasteiger partial charge in [0.25, 0.3) is 0 Å². The molecule has 0 aliphatic carbocycles. The summed E-state index contributed by atoms with van der Waals surface area (Å²) in [6.07, 6.45) is 0.272. The van der Waals surface area contributed by atoms with E-state index in [2.05, 4.69) is 25.3 Å². The highest BCUT2D eigenvalue weighted by Crippen LogP contribution is 2.32. The van der Waals surface area contributed by atoms with Crippen LogP contribution in [0, 0.1) is 0 Å². The number of rotatable bonds is 11. The van der Waals surface area contributed by atoms with Crippen LogP contribution in [0.5, 0.6) is 17.2 Å². The molecule has 198 valence electrons. The first-order valence-electron chi connectivity index (χ1n) is 11.5. The lowest BCUT2D eigenvalue weighted by atomic mass is 10.2. The van der Waals surface area contributed by atoms with Gasteiger partial charge in [0.15, 0.2) is 23.0 Å². The minimum absolute atomic E-state index is 0.108. The molecule has 0 radical (unpaired) electrons. The molecule has 2 N–H and O–H groups in total. The Morgan fingerprint density at radius 3 is 2.71 bits per heavy atom. The summed E-state index contributed by atoms with van der Waals surface area (Å²) < 4.78 is 44.9. The summed E-state index contributed by atoms with van der Waals surface area (Å²) in [5.41, 5.74) is 1.43. The molecular formula is C24H24N6O6S2. The second kappa shape index (κ2) is 11.2. The fraction of sp³-hybridized carbons (Fsp3) is 0.250. The van der Waals surface area contributed by atoms with E-state index in [0.717, 1.165) is 5.56 Å². The number of hydrogen-bond donors (Lipinski definition) is 2. The molecule has 3 heterocycles. The number of carbonyl (C=O) groups is 1. The van der Waals surface area contributed by atoms with Crippen molar-refractivity contribution in [3.8, 4) is 17.2 Å². The Labute approximate surface area is 222 Å². The topological polar surface area (TPSA) is 146 Å². The standard InChI is InChI=1S/C24H24N6O6S2/c1-34-17-3-5-18(6-4-17)38(32,33)26-11-10-22-28-27-21-8-9-24(29-30(21)22)37-14-23(31)25-13-16-2-7-19-20(12-16)36-15-35-19/h2-9,12,26H,10-11,13-15H2,1H3,(H,25,31). The second-order valence-electron chi connectivity index (χ2n) is 8.13. The Balaban J connectivity index is 1.14. The highest BCUT2D eigenvalue weighted by atomic mass is 32.2. The van der Waals surface area contributed by atoms with Crippen LogP contribution in [0.15, 0.2) is 64.5 Å². The zero-order chi connectivity index (χ0) is 26.5. The lowest BCUT2D eigenvalue weighted by Crippen LogP contribution is -2.26. The quantitative estimate of drug-likeness (QED) is 0.262. The van der Waals surface area contributed by atoms with Crippen LogP contribution in [0.25, 0.3) is 5.65 Å². The van der Waals surface area contributed by atoms with E-state index in [1.807, 2.05) is 18.2 Å². The van der Waals surface area contributed by atoms with E-state index in [1.165, 1.54) is 31.0 Å². The van der Waals surface area contributed by atoms with Crippen molar-refractivity contribution in [1.29, 1.82) is 0 Å².